The summed E-state index contributed by atoms with van der Waals surface area (Å²) in [5.41, 5.74) is 7.05. The van der Waals surface area contributed by atoms with Gasteiger partial charge in [-0.25, -0.2) is 0 Å². The van der Waals surface area contributed by atoms with Gasteiger partial charge in [0, 0.05) is 11.5 Å². The van der Waals surface area contributed by atoms with E-state index in [4.69, 9.17) is 5.73 Å². The summed E-state index contributed by atoms with van der Waals surface area (Å²) in [6, 6.07) is 7.67. The van der Waals surface area contributed by atoms with Crippen LogP contribution in [0.4, 0.5) is 5.69 Å². The van der Waals surface area contributed by atoms with Crippen LogP contribution < -0.4 is 11.1 Å². The molecule has 0 saturated heterocycles. The Morgan fingerprint density at radius 3 is 2.65 bits per heavy atom. The van der Waals surface area contributed by atoms with Gasteiger partial charge in [0.1, 0.15) is 0 Å². The first-order valence-corrected chi connectivity index (χ1v) is 7.40. The molecule has 2 aliphatic carbocycles. The van der Waals surface area contributed by atoms with Crippen LogP contribution in [0, 0.1) is 29.6 Å². The van der Waals surface area contributed by atoms with Crippen molar-refractivity contribution < 1.29 is 4.79 Å². The predicted octanol–water partition coefficient (Wildman–Crippen LogP) is 2.37. The molecule has 104 valence electrons. The fraction of sp³-hybridized carbons (Fsp3) is 0.471. The van der Waals surface area contributed by atoms with Crippen molar-refractivity contribution in [1.29, 1.82) is 0 Å². The minimum Gasteiger partial charge on any atom is -0.325 e. The number of para-hydroxylation sites is 1. The molecule has 0 bridgehead atoms. The van der Waals surface area contributed by atoms with E-state index in [0.29, 0.717) is 18.4 Å². The Morgan fingerprint density at radius 2 is 1.95 bits per heavy atom. The minimum atomic E-state index is 0.170. The second kappa shape index (κ2) is 5.68. The molecule has 2 aliphatic rings. The highest BCUT2D eigenvalue weighted by Gasteiger charge is 2.54. The Bertz CT molecular complexity index is 558. The molecular formula is C17H20N2O. The Kier molecular flexibility index (Phi) is 3.75. The minimum absolute atomic E-state index is 0.170. The average molecular weight is 268 g/mol. The SMILES string of the molecule is NCC#Cc1ccccc1NC(=O)C1C2CCCCC21. The second-order valence-electron chi connectivity index (χ2n) is 5.68. The van der Waals surface area contributed by atoms with Gasteiger partial charge in [0.2, 0.25) is 5.91 Å². The van der Waals surface area contributed by atoms with Crippen molar-refractivity contribution in [2.45, 2.75) is 25.7 Å². The number of hydrogen-bond acceptors (Lipinski definition) is 2. The quantitative estimate of drug-likeness (QED) is 0.809. The number of nitrogens with one attached hydrogen (secondary N) is 1. The van der Waals surface area contributed by atoms with Gasteiger partial charge in [-0.15, -0.1) is 0 Å². The Labute approximate surface area is 119 Å². The molecule has 0 spiro atoms. The topological polar surface area (TPSA) is 55.1 Å². The third kappa shape index (κ3) is 2.57. The molecule has 3 nitrogen and oxygen atoms in total. The number of nitrogens with two attached hydrogens (primary N) is 1. The van der Waals surface area contributed by atoms with Crippen LogP contribution in [0.25, 0.3) is 0 Å². The third-order valence-corrected chi connectivity index (χ3v) is 4.47. The van der Waals surface area contributed by atoms with Crippen LogP contribution in [0.5, 0.6) is 0 Å². The van der Waals surface area contributed by atoms with Gasteiger partial charge in [-0.05, 0) is 36.8 Å². The van der Waals surface area contributed by atoms with Gasteiger partial charge in [0.05, 0.1) is 12.2 Å². The summed E-state index contributed by atoms with van der Waals surface area (Å²) >= 11 is 0. The number of carbonyl (C=O) groups excluding carboxylic acids is 1. The maximum Gasteiger partial charge on any atom is 0.228 e. The Morgan fingerprint density at radius 1 is 1.25 bits per heavy atom. The van der Waals surface area contributed by atoms with Crippen molar-refractivity contribution in [2.75, 3.05) is 11.9 Å². The van der Waals surface area contributed by atoms with Crippen LogP contribution in [0.2, 0.25) is 0 Å². The predicted molar refractivity (Wildman–Crippen MR) is 79.9 cm³/mol. The van der Waals surface area contributed by atoms with E-state index in [-0.39, 0.29) is 11.8 Å². The first-order valence-electron chi connectivity index (χ1n) is 7.40. The van der Waals surface area contributed by atoms with Gasteiger partial charge in [-0.1, -0.05) is 36.8 Å². The maximum absolute atomic E-state index is 12.4. The molecule has 1 aromatic rings. The van der Waals surface area contributed by atoms with Crippen LogP contribution in [-0.2, 0) is 4.79 Å². The van der Waals surface area contributed by atoms with Gasteiger partial charge in [-0.3, -0.25) is 4.79 Å². The molecule has 1 aromatic carbocycles. The molecule has 0 radical (unpaired) electrons. The molecule has 0 aliphatic heterocycles. The van der Waals surface area contributed by atoms with Crippen molar-refractivity contribution in [3.8, 4) is 11.8 Å². The molecule has 0 aromatic heterocycles. The van der Waals surface area contributed by atoms with E-state index < -0.39 is 0 Å². The summed E-state index contributed by atoms with van der Waals surface area (Å²) in [7, 11) is 0. The number of carbonyl (C=O) groups is 1. The summed E-state index contributed by atoms with van der Waals surface area (Å²) in [4.78, 5) is 12.4. The molecule has 1 amide bonds. The van der Waals surface area contributed by atoms with Crippen LogP contribution >= 0.6 is 0 Å². The van der Waals surface area contributed by atoms with Crippen molar-refractivity contribution in [2.24, 2.45) is 23.5 Å². The van der Waals surface area contributed by atoms with E-state index >= 15 is 0 Å². The lowest BCUT2D eigenvalue weighted by Gasteiger charge is -2.07. The monoisotopic (exact) mass is 268 g/mol. The number of fused-ring (bicyclic) bond motifs is 1. The van der Waals surface area contributed by atoms with Crippen molar-refractivity contribution in [3.63, 3.8) is 0 Å². The number of hydrogen-bond donors (Lipinski definition) is 2. The number of benzene rings is 1. The normalized spacial score (nSPS) is 26.9. The zero-order chi connectivity index (χ0) is 13.9. The Hall–Kier alpha value is -1.79. The summed E-state index contributed by atoms with van der Waals surface area (Å²) in [6.07, 6.45) is 5.00. The summed E-state index contributed by atoms with van der Waals surface area (Å²) < 4.78 is 0. The van der Waals surface area contributed by atoms with Crippen molar-refractivity contribution in [3.05, 3.63) is 29.8 Å². The highest BCUT2D eigenvalue weighted by atomic mass is 16.2. The lowest BCUT2D eigenvalue weighted by atomic mass is 10.0. The van der Waals surface area contributed by atoms with Crippen molar-refractivity contribution >= 4 is 11.6 Å². The lowest BCUT2D eigenvalue weighted by molar-refractivity contribution is -0.117. The smallest absolute Gasteiger partial charge is 0.228 e. The molecule has 20 heavy (non-hydrogen) atoms. The van der Waals surface area contributed by atoms with E-state index in [1.807, 2.05) is 24.3 Å². The second-order valence-corrected chi connectivity index (χ2v) is 5.68. The molecule has 2 unspecified atom stereocenters. The van der Waals surface area contributed by atoms with E-state index in [1.165, 1.54) is 25.7 Å². The van der Waals surface area contributed by atoms with Gasteiger partial charge >= 0.3 is 0 Å². The molecule has 0 heterocycles. The molecule has 3 N–H and O–H groups in total. The molecule has 3 heteroatoms. The highest BCUT2D eigenvalue weighted by Crippen LogP contribution is 2.55. The zero-order valence-electron chi connectivity index (χ0n) is 11.6. The van der Waals surface area contributed by atoms with Crippen LogP contribution in [0.15, 0.2) is 24.3 Å². The van der Waals surface area contributed by atoms with Gasteiger partial charge < -0.3 is 11.1 Å². The van der Waals surface area contributed by atoms with E-state index in [9.17, 15) is 4.79 Å². The fourth-order valence-electron chi connectivity index (χ4n) is 3.44. The molecule has 3 rings (SSSR count). The Balaban J connectivity index is 1.70. The lowest BCUT2D eigenvalue weighted by Crippen LogP contribution is -2.16. The van der Waals surface area contributed by atoms with E-state index in [0.717, 1.165) is 11.3 Å². The van der Waals surface area contributed by atoms with E-state index in [2.05, 4.69) is 17.2 Å². The van der Waals surface area contributed by atoms with Crippen LogP contribution in [-0.4, -0.2) is 12.5 Å². The standard InChI is InChI=1S/C17H20N2O/c18-11-5-7-12-6-1-4-10-15(12)19-17(20)16-13-8-2-3-9-14(13)16/h1,4,6,10,13-14,16H,2-3,8-9,11,18H2,(H,19,20). The maximum atomic E-state index is 12.4. The van der Waals surface area contributed by atoms with Crippen molar-refractivity contribution in [1.82, 2.24) is 0 Å². The highest BCUT2D eigenvalue weighted by molar-refractivity contribution is 5.96. The van der Waals surface area contributed by atoms with Gasteiger partial charge in [0.15, 0.2) is 0 Å². The molecule has 2 atom stereocenters. The molecular weight excluding hydrogens is 248 g/mol. The third-order valence-electron chi connectivity index (χ3n) is 4.47. The largest absolute Gasteiger partial charge is 0.325 e. The molecule has 2 saturated carbocycles. The molecule has 2 fully saturated rings. The zero-order valence-corrected chi connectivity index (χ0v) is 11.6. The van der Waals surface area contributed by atoms with Crippen LogP contribution in [0.3, 0.4) is 0 Å². The summed E-state index contributed by atoms with van der Waals surface area (Å²) in [5, 5.41) is 3.06. The number of rotatable bonds is 2. The number of anilines is 1. The van der Waals surface area contributed by atoms with Gasteiger partial charge in [-0.2, -0.15) is 0 Å². The first-order chi connectivity index (χ1) is 9.81. The summed E-state index contributed by atoms with van der Waals surface area (Å²) in [5.74, 6) is 7.51. The van der Waals surface area contributed by atoms with E-state index in [1.54, 1.807) is 0 Å². The first kappa shape index (κ1) is 13.2. The summed E-state index contributed by atoms with van der Waals surface area (Å²) in [6.45, 7) is 0.328. The van der Waals surface area contributed by atoms with Gasteiger partial charge in [0.25, 0.3) is 0 Å². The van der Waals surface area contributed by atoms with Crippen LogP contribution in [0.1, 0.15) is 31.2 Å². The number of amides is 1. The fourth-order valence-corrected chi connectivity index (χ4v) is 3.44. The average Bonchev–Trinajstić information content (AvgIpc) is 3.21.